The van der Waals surface area contributed by atoms with Crippen LogP contribution in [0.1, 0.15) is 16.7 Å². The second-order valence-corrected chi connectivity index (χ2v) is 3.93. The topological polar surface area (TPSA) is 33.0 Å². The molecule has 0 spiro atoms. The highest BCUT2D eigenvalue weighted by molar-refractivity contribution is 5.40. The molecule has 0 heterocycles. The second-order valence-electron chi connectivity index (χ2n) is 3.93. The Balaban J connectivity index is 2.23. The Morgan fingerprint density at radius 2 is 1.88 bits per heavy atom. The van der Waals surface area contributed by atoms with Gasteiger partial charge in [0.05, 0.1) is 11.6 Å². The van der Waals surface area contributed by atoms with E-state index in [0.717, 1.165) is 16.9 Å². The zero-order valence-corrected chi connectivity index (χ0v) is 9.82. The van der Waals surface area contributed by atoms with E-state index in [1.807, 2.05) is 19.9 Å². The average Bonchev–Trinajstić information content (AvgIpc) is 2.34. The van der Waals surface area contributed by atoms with E-state index < -0.39 is 0 Å². The predicted octanol–water partition coefficient (Wildman–Crippen LogP) is 3.77. The summed E-state index contributed by atoms with van der Waals surface area (Å²) < 4.78 is 5.70. The smallest absolute Gasteiger partial charge is 0.138 e. The Morgan fingerprint density at radius 3 is 2.47 bits per heavy atom. The highest BCUT2D eigenvalue weighted by atomic mass is 16.5. The van der Waals surface area contributed by atoms with Gasteiger partial charge in [0.25, 0.3) is 0 Å². The predicted molar refractivity (Wildman–Crippen MR) is 66.0 cm³/mol. The highest BCUT2D eigenvalue weighted by Gasteiger charge is 2.02. The summed E-state index contributed by atoms with van der Waals surface area (Å²) in [5.74, 6) is 1.44. The van der Waals surface area contributed by atoms with Crippen LogP contribution in [0.4, 0.5) is 0 Å². The molecule has 0 unspecified atom stereocenters. The first kappa shape index (κ1) is 11.2. The van der Waals surface area contributed by atoms with Gasteiger partial charge in [-0.05, 0) is 55.3 Å². The van der Waals surface area contributed by atoms with Crippen molar-refractivity contribution < 1.29 is 4.74 Å². The lowest BCUT2D eigenvalue weighted by Crippen LogP contribution is -1.88. The van der Waals surface area contributed by atoms with E-state index in [0.29, 0.717) is 11.3 Å². The molecular formula is C15H12NO. The molecule has 2 heteroatoms. The van der Waals surface area contributed by atoms with Gasteiger partial charge in [0.2, 0.25) is 0 Å². The molecule has 2 rings (SSSR count). The molecule has 0 N–H and O–H groups in total. The van der Waals surface area contributed by atoms with Crippen LogP contribution in [0.2, 0.25) is 0 Å². The Hall–Kier alpha value is -2.27. The number of ether oxygens (including phenoxy) is 1. The number of nitriles is 1. The zero-order chi connectivity index (χ0) is 12.3. The molecule has 0 bridgehead atoms. The van der Waals surface area contributed by atoms with Gasteiger partial charge in [-0.25, -0.2) is 0 Å². The van der Waals surface area contributed by atoms with Gasteiger partial charge in [-0.15, -0.1) is 0 Å². The molecule has 0 aliphatic heterocycles. The summed E-state index contributed by atoms with van der Waals surface area (Å²) in [5, 5.41) is 8.70. The molecule has 2 aromatic carbocycles. The first-order valence-corrected chi connectivity index (χ1v) is 5.36. The van der Waals surface area contributed by atoms with E-state index in [4.69, 9.17) is 10.00 Å². The van der Waals surface area contributed by atoms with Gasteiger partial charge in [0.15, 0.2) is 0 Å². The van der Waals surface area contributed by atoms with Gasteiger partial charge in [-0.1, -0.05) is 6.07 Å². The molecule has 83 valence electrons. The molecule has 0 amide bonds. The number of rotatable bonds is 2. The lowest BCUT2D eigenvalue weighted by Gasteiger charge is -2.08. The molecule has 0 aromatic heterocycles. The number of hydrogen-bond donors (Lipinski definition) is 0. The molecule has 2 nitrogen and oxygen atoms in total. The van der Waals surface area contributed by atoms with Crippen LogP contribution in [0.15, 0.2) is 36.4 Å². The van der Waals surface area contributed by atoms with Gasteiger partial charge in [-0.2, -0.15) is 5.26 Å². The molecule has 2 aromatic rings. The third kappa shape index (κ3) is 2.64. The van der Waals surface area contributed by atoms with Crippen LogP contribution in [0.25, 0.3) is 0 Å². The summed E-state index contributed by atoms with van der Waals surface area (Å²) in [6.07, 6.45) is 0. The monoisotopic (exact) mass is 222 g/mol. The molecule has 0 aliphatic rings. The molecule has 1 radical (unpaired) electrons. The highest BCUT2D eigenvalue weighted by Crippen LogP contribution is 2.25. The minimum Gasteiger partial charge on any atom is -0.456 e. The largest absolute Gasteiger partial charge is 0.456 e. The van der Waals surface area contributed by atoms with Crippen LogP contribution in [-0.4, -0.2) is 0 Å². The Labute approximate surface area is 101 Å². The van der Waals surface area contributed by atoms with Crippen LogP contribution in [0.3, 0.4) is 0 Å². The fourth-order valence-corrected chi connectivity index (χ4v) is 1.57. The van der Waals surface area contributed by atoms with Crippen LogP contribution in [0.5, 0.6) is 11.5 Å². The summed E-state index contributed by atoms with van der Waals surface area (Å²) in [5.41, 5.74) is 2.84. The minimum absolute atomic E-state index is 0.627. The van der Waals surface area contributed by atoms with Crippen LogP contribution in [-0.2, 0) is 0 Å². The number of nitrogens with zero attached hydrogens (tertiary/aromatic N) is 1. The maximum Gasteiger partial charge on any atom is 0.138 e. The van der Waals surface area contributed by atoms with Crippen molar-refractivity contribution in [2.24, 2.45) is 0 Å². The van der Waals surface area contributed by atoms with Crippen molar-refractivity contribution in [1.82, 2.24) is 0 Å². The summed E-state index contributed by atoms with van der Waals surface area (Å²) >= 11 is 0. The molecule has 0 saturated heterocycles. The maximum atomic E-state index is 8.70. The summed E-state index contributed by atoms with van der Waals surface area (Å²) in [6, 6.07) is 16.2. The van der Waals surface area contributed by atoms with Crippen molar-refractivity contribution in [3.05, 3.63) is 59.2 Å². The number of aryl methyl sites for hydroxylation is 2. The first-order chi connectivity index (χ1) is 8.19. The zero-order valence-electron chi connectivity index (χ0n) is 9.82. The lowest BCUT2D eigenvalue weighted by molar-refractivity contribution is 0.477. The first-order valence-electron chi connectivity index (χ1n) is 5.36. The van der Waals surface area contributed by atoms with E-state index in [1.54, 1.807) is 24.3 Å². The molecule has 0 saturated carbocycles. The van der Waals surface area contributed by atoms with Crippen LogP contribution < -0.4 is 4.74 Å². The van der Waals surface area contributed by atoms with Crippen molar-refractivity contribution in [3.8, 4) is 17.6 Å². The van der Waals surface area contributed by atoms with Crippen molar-refractivity contribution in [3.63, 3.8) is 0 Å². The van der Waals surface area contributed by atoms with Gasteiger partial charge in [-0.3, -0.25) is 0 Å². The molecular weight excluding hydrogens is 210 g/mol. The number of hydrogen-bond acceptors (Lipinski definition) is 2. The van der Waals surface area contributed by atoms with Crippen LogP contribution in [0, 0.1) is 31.2 Å². The third-order valence-corrected chi connectivity index (χ3v) is 2.44. The minimum atomic E-state index is 0.627. The SMILES string of the molecule is Cc1c[c]c(Oc2ccc(C#N)cc2)c(C)c1. The molecule has 0 aliphatic carbocycles. The van der Waals surface area contributed by atoms with Gasteiger partial charge in [0.1, 0.15) is 11.5 Å². The van der Waals surface area contributed by atoms with Crippen molar-refractivity contribution >= 4 is 0 Å². The van der Waals surface area contributed by atoms with Crippen molar-refractivity contribution in [2.45, 2.75) is 13.8 Å². The Kier molecular flexibility index (Phi) is 3.11. The van der Waals surface area contributed by atoms with E-state index in [9.17, 15) is 0 Å². The van der Waals surface area contributed by atoms with Crippen molar-refractivity contribution in [1.29, 1.82) is 5.26 Å². The van der Waals surface area contributed by atoms with E-state index in [2.05, 4.69) is 18.2 Å². The molecule has 0 fully saturated rings. The number of benzene rings is 2. The average molecular weight is 222 g/mol. The third-order valence-electron chi connectivity index (χ3n) is 2.44. The molecule has 17 heavy (non-hydrogen) atoms. The van der Waals surface area contributed by atoms with E-state index in [-0.39, 0.29) is 0 Å². The molecule has 0 atom stereocenters. The second kappa shape index (κ2) is 4.71. The van der Waals surface area contributed by atoms with Crippen LogP contribution >= 0.6 is 0 Å². The fraction of sp³-hybridized carbons (Fsp3) is 0.133. The standard InChI is InChI=1S/C15H12NO/c1-11-3-8-15(12(2)9-11)17-14-6-4-13(10-16)5-7-14/h3-7,9H,1-2H3. The van der Waals surface area contributed by atoms with Gasteiger partial charge < -0.3 is 4.74 Å². The Morgan fingerprint density at radius 1 is 1.18 bits per heavy atom. The summed E-state index contributed by atoms with van der Waals surface area (Å²) in [7, 11) is 0. The van der Waals surface area contributed by atoms with E-state index in [1.165, 1.54) is 0 Å². The van der Waals surface area contributed by atoms with E-state index >= 15 is 0 Å². The summed E-state index contributed by atoms with van der Waals surface area (Å²) in [4.78, 5) is 0. The fourth-order valence-electron chi connectivity index (χ4n) is 1.57. The maximum absolute atomic E-state index is 8.70. The summed E-state index contributed by atoms with van der Waals surface area (Å²) in [6.45, 7) is 4.01. The normalized spacial score (nSPS) is 9.71. The van der Waals surface area contributed by atoms with Gasteiger partial charge in [0, 0.05) is 6.07 Å². The lowest BCUT2D eigenvalue weighted by atomic mass is 10.1. The Bertz CT molecular complexity index is 564. The van der Waals surface area contributed by atoms with Crippen molar-refractivity contribution in [2.75, 3.05) is 0 Å². The quantitative estimate of drug-likeness (QED) is 0.774. The van der Waals surface area contributed by atoms with Gasteiger partial charge >= 0.3 is 0 Å².